The highest BCUT2D eigenvalue weighted by molar-refractivity contribution is 5.98. The first kappa shape index (κ1) is 19.1. The average molecular weight is 392 g/mol. The van der Waals surface area contributed by atoms with E-state index in [0.29, 0.717) is 36.8 Å². The zero-order valence-electron chi connectivity index (χ0n) is 16.2. The van der Waals surface area contributed by atoms with E-state index in [1.54, 1.807) is 18.2 Å². The van der Waals surface area contributed by atoms with Crippen molar-refractivity contribution in [3.05, 3.63) is 60.3 Å². The number of benzene rings is 2. The lowest BCUT2D eigenvalue weighted by molar-refractivity contribution is -0.121. The van der Waals surface area contributed by atoms with E-state index in [1.165, 1.54) is 10.9 Å². The quantitative estimate of drug-likeness (QED) is 0.470. The number of hydrogen-bond donors (Lipinski definition) is 1. The lowest BCUT2D eigenvalue weighted by Crippen LogP contribution is -2.25. The number of aromatic nitrogens is 1. The van der Waals surface area contributed by atoms with Crippen LogP contribution in [0.4, 0.5) is 0 Å². The van der Waals surface area contributed by atoms with Gasteiger partial charge in [0.2, 0.25) is 5.91 Å². The summed E-state index contributed by atoms with van der Waals surface area (Å²) in [5.74, 6) is 1.06. The van der Waals surface area contributed by atoms with Crippen molar-refractivity contribution in [2.45, 2.75) is 25.8 Å². The van der Waals surface area contributed by atoms with Gasteiger partial charge < -0.3 is 19.4 Å². The average Bonchev–Trinajstić information content (AvgIpc) is 3.18. The summed E-state index contributed by atoms with van der Waals surface area (Å²) in [6.45, 7) is 2.42. The fourth-order valence-corrected chi connectivity index (χ4v) is 3.49. The van der Waals surface area contributed by atoms with Crippen molar-refractivity contribution in [2.75, 3.05) is 19.8 Å². The molecule has 0 fully saturated rings. The highest BCUT2D eigenvalue weighted by Crippen LogP contribution is 2.31. The van der Waals surface area contributed by atoms with Crippen LogP contribution < -0.4 is 14.8 Å². The summed E-state index contributed by atoms with van der Waals surface area (Å²) in [6, 6.07) is 15.5. The number of Topliss-reactive ketones (excluding diaryl/α,β-unsaturated/α-hetero) is 1. The Hall–Kier alpha value is -3.28. The van der Waals surface area contributed by atoms with Gasteiger partial charge in [-0.05, 0) is 42.1 Å². The van der Waals surface area contributed by atoms with Crippen LogP contribution in [0.3, 0.4) is 0 Å². The topological polar surface area (TPSA) is 69.6 Å². The molecule has 0 unspecified atom stereocenters. The lowest BCUT2D eigenvalue weighted by atomic mass is 10.1. The van der Waals surface area contributed by atoms with E-state index in [2.05, 4.69) is 34.3 Å². The van der Waals surface area contributed by atoms with Crippen LogP contribution in [0.1, 0.15) is 29.6 Å². The summed E-state index contributed by atoms with van der Waals surface area (Å²) < 4.78 is 13.2. The molecule has 2 heterocycles. The number of fused-ring (bicyclic) bond motifs is 2. The number of amides is 1. The fourth-order valence-electron chi connectivity index (χ4n) is 3.49. The van der Waals surface area contributed by atoms with Crippen LogP contribution in [-0.2, 0) is 11.3 Å². The molecule has 0 bridgehead atoms. The first-order valence-electron chi connectivity index (χ1n) is 9.94. The molecule has 4 rings (SSSR count). The smallest absolute Gasteiger partial charge is 0.220 e. The highest BCUT2D eigenvalue weighted by Gasteiger charge is 2.15. The predicted octanol–water partition coefficient (Wildman–Crippen LogP) is 3.58. The van der Waals surface area contributed by atoms with Gasteiger partial charge in [-0.1, -0.05) is 18.2 Å². The van der Waals surface area contributed by atoms with Gasteiger partial charge in [0.15, 0.2) is 17.3 Å². The summed E-state index contributed by atoms with van der Waals surface area (Å²) in [6.07, 6.45) is 3.26. The van der Waals surface area contributed by atoms with E-state index >= 15 is 0 Å². The number of nitrogens with zero attached hydrogens (tertiary/aromatic N) is 1. The number of ketones is 1. The first-order valence-corrected chi connectivity index (χ1v) is 9.94. The lowest BCUT2D eigenvalue weighted by Gasteiger charge is -2.18. The van der Waals surface area contributed by atoms with E-state index < -0.39 is 0 Å². The molecule has 1 N–H and O–H groups in total. The number of rotatable bonds is 8. The third kappa shape index (κ3) is 4.59. The third-order valence-corrected chi connectivity index (χ3v) is 5.02. The van der Waals surface area contributed by atoms with Crippen LogP contribution in [0.25, 0.3) is 10.9 Å². The van der Waals surface area contributed by atoms with E-state index in [4.69, 9.17) is 9.47 Å². The second-order valence-electron chi connectivity index (χ2n) is 7.05. The Kier molecular flexibility index (Phi) is 5.79. The molecule has 0 atom stereocenters. The number of carbonyl (C=O) groups is 2. The van der Waals surface area contributed by atoms with E-state index in [-0.39, 0.29) is 24.5 Å². The standard InChI is InChI=1S/C23H24N2O4/c26-20(18-6-8-21-22(16-18)29-15-14-28-21)7-9-23(27)24-11-3-12-25-13-10-17-4-1-2-5-19(17)25/h1-2,4-6,8,10,13,16H,3,7,9,11-12,14-15H2,(H,24,27). The summed E-state index contributed by atoms with van der Waals surface area (Å²) in [7, 11) is 0. The Morgan fingerprint density at radius 3 is 2.69 bits per heavy atom. The van der Waals surface area contributed by atoms with Crippen LogP contribution in [0, 0.1) is 0 Å². The van der Waals surface area contributed by atoms with Crippen molar-refractivity contribution in [3.8, 4) is 11.5 Å². The molecule has 1 amide bonds. The second kappa shape index (κ2) is 8.82. The summed E-state index contributed by atoms with van der Waals surface area (Å²) in [5.41, 5.74) is 1.74. The van der Waals surface area contributed by atoms with E-state index in [1.807, 2.05) is 12.1 Å². The molecule has 1 aliphatic heterocycles. The minimum absolute atomic E-state index is 0.0732. The van der Waals surface area contributed by atoms with Gasteiger partial charge in [0, 0.05) is 43.2 Å². The maximum atomic E-state index is 12.4. The molecule has 0 saturated heterocycles. The number of hydrogen-bond acceptors (Lipinski definition) is 4. The molecule has 6 nitrogen and oxygen atoms in total. The number of ether oxygens (including phenoxy) is 2. The molecule has 0 radical (unpaired) electrons. The van der Waals surface area contributed by atoms with Gasteiger partial charge in [-0.25, -0.2) is 0 Å². The number of carbonyl (C=O) groups excluding carboxylic acids is 2. The van der Waals surface area contributed by atoms with Gasteiger partial charge in [0.1, 0.15) is 13.2 Å². The molecule has 2 aromatic carbocycles. The molecular formula is C23H24N2O4. The predicted molar refractivity (Wildman–Crippen MR) is 111 cm³/mol. The Labute approximate surface area is 169 Å². The molecule has 6 heteroatoms. The van der Waals surface area contributed by atoms with Crippen molar-refractivity contribution in [1.29, 1.82) is 0 Å². The molecule has 0 saturated carbocycles. The van der Waals surface area contributed by atoms with Crippen LogP contribution in [-0.4, -0.2) is 36.0 Å². The normalized spacial score (nSPS) is 12.7. The fraction of sp³-hybridized carbons (Fsp3) is 0.304. The maximum absolute atomic E-state index is 12.4. The maximum Gasteiger partial charge on any atom is 0.220 e. The summed E-state index contributed by atoms with van der Waals surface area (Å²) in [4.78, 5) is 24.4. The monoisotopic (exact) mass is 392 g/mol. The first-order chi connectivity index (χ1) is 14.2. The van der Waals surface area contributed by atoms with Crippen LogP contribution >= 0.6 is 0 Å². The van der Waals surface area contributed by atoms with Gasteiger partial charge in [0.25, 0.3) is 0 Å². The summed E-state index contributed by atoms with van der Waals surface area (Å²) in [5, 5.41) is 4.12. The van der Waals surface area contributed by atoms with Gasteiger partial charge >= 0.3 is 0 Å². The Balaban J connectivity index is 1.19. The van der Waals surface area contributed by atoms with Gasteiger partial charge in [0.05, 0.1) is 0 Å². The number of para-hydroxylation sites is 1. The van der Waals surface area contributed by atoms with Crippen LogP contribution in [0.5, 0.6) is 11.5 Å². The van der Waals surface area contributed by atoms with Crippen molar-refractivity contribution >= 4 is 22.6 Å². The Morgan fingerprint density at radius 1 is 0.966 bits per heavy atom. The molecule has 3 aromatic rings. The molecular weight excluding hydrogens is 368 g/mol. The van der Waals surface area contributed by atoms with E-state index in [9.17, 15) is 9.59 Å². The minimum atomic E-state index is -0.103. The third-order valence-electron chi connectivity index (χ3n) is 5.02. The van der Waals surface area contributed by atoms with Crippen molar-refractivity contribution in [2.24, 2.45) is 0 Å². The molecule has 1 aromatic heterocycles. The molecule has 29 heavy (non-hydrogen) atoms. The molecule has 0 aliphatic carbocycles. The molecule has 150 valence electrons. The number of nitrogens with one attached hydrogen (secondary N) is 1. The largest absolute Gasteiger partial charge is 0.486 e. The number of aryl methyl sites for hydroxylation is 1. The molecule has 0 spiro atoms. The van der Waals surface area contributed by atoms with Crippen molar-refractivity contribution in [1.82, 2.24) is 9.88 Å². The van der Waals surface area contributed by atoms with Gasteiger partial charge in [-0.3, -0.25) is 9.59 Å². The Morgan fingerprint density at radius 2 is 1.79 bits per heavy atom. The van der Waals surface area contributed by atoms with E-state index in [0.717, 1.165) is 13.0 Å². The van der Waals surface area contributed by atoms with Crippen LogP contribution in [0.2, 0.25) is 0 Å². The van der Waals surface area contributed by atoms with Gasteiger partial charge in [-0.2, -0.15) is 0 Å². The second-order valence-corrected chi connectivity index (χ2v) is 7.05. The zero-order chi connectivity index (χ0) is 20.1. The van der Waals surface area contributed by atoms with Crippen molar-refractivity contribution < 1.29 is 19.1 Å². The minimum Gasteiger partial charge on any atom is -0.486 e. The highest BCUT2D eigenvalue weighted by atomic mass is 16.6. The zero-order valence-corrected chi connectivity index (χ0v) is 16.2. The Bertz CT molecular complexity index is 1020. The van der Waals surface area contributed by atoms with Crippen LogP contribution in [0.15, 0.2) is 54.7 Å². The molecule has 1 aliphatic rings. The SMILES string of the molecule is O=C(CCC(=O)c1ccc2c(c1)OCCO2)NCCCn1ccc2ccccc21. The van der Waals surface area contributed by atoms with Gasteiger partial charge in [-0.15, -0.1) is 0 Å². The van der Waals surface area contributed by atoms with Crippen molar-refractivity contribution in [3.63, 3.8) is 0 Å². The summed E-state index contributed by atoms with van der Waals surface area (Å²) >= 11 is 0.